The number of hydrogen-bond acceptors (Lipinski definition) is 2. The normalized spacial score (nSPS) is 34.7. The highest BCUT2D eigenvalue weighted by atomic mass is 35.5. The van der Waals surface area contributed by atoms with Gasteiger partial charge in [-0.25, -0.2) is 4.79 Å². The number of alkyl halides is 2. The number of hydrogen-bond donors (Lipinski definition) is 1. The van der Waals surface area contributed by atoms with Gasteiger partial charge in [-0.1, -0.05) is 23.2 Å². The van der Waals surface area contributed by atoms with Gasteiger partial charge in [0.05, 0.1) is 6.04 Å². The van der Waals surface area contributed by atoms with Gasteiger partial charge in [0.15, 0.2) is 10.1 Å². The predicted octanol–water partition coefficient (Wildman–Crippen LogP) is 1.50. The quantitative estimate of drug-likeness (QED) is 0.650. The van der Waals surface area contributed by atoms with Crippen molar-refractivity contribution < 1.29 is 14.7 Å². The lowest BCUT2D eigenvalue weighted by Gasteiger charge is -2.27. The number of Topliss-reactive ketones (excluding diaryl/α,β-unsaturated/α-hetero) is 1. The first-order valence-electron chi connectivity index (χ1n) is 4.35. The second-order valence-corrected chi connectivity index (χ2v) is 5.11. The summed E-state index contributed by atoms with van der Waals surface area (Å²) < 4.78 is -1.54. The van der Waals surface area contributed by atoms with E-state index >= 15 is 0 Å². The average molecular weight is 238 g/mol. The highest BCUT2D eigenvalue weighted by Gasteiger charge is 2.59. The number of fused-ring (bicyclic) bond motifs is 1. The molecule has 1 N–H and O–H groups in total. The van der Waals surface area contributed by atoms with Gasteiger partial charge in [-0.2, -0.15) is 0 Å². The molecule has 1 aliphatic heterocycles. The first kappa shape index (κ1) is 10.1. The van der Waals surface area contributed by atoms with Crippen LogP contribution in [0.5, 0.6) is 0 Å². The van der Waals surface area contributed by atoms with E-state index in [0.29, 0.717) is 19.4 Å². The molecule has 14 heavy (non-hydrogen) atoms. The van der Waals surface area contributed by atoms with Gasteiger partial charge < -0.3 is 10.0 Å². The fourth-order valence-corrected chi connectivity index (χ4v) is 3.06. The molecule has 6 heteroatoms. The molecule has 1 aliphatic carbocycles. The number of carbonyl (C=O) groups excluding carboxylic acids is 1. The first-order chi connectivity index (χ1) is 6.44. The van der Waals surface area contributed by atoms with Crippen molar-refractivity contribution >= 4 is 35.1 Å². The summed E-state index contributed by atoms with van der Waals surface area (Å²) in [6.45, 7) is 0.416. The van der Waals surface area contributed by atoms with Crippen molar-refractivity contribution in [1.29, 1.82) is 0 Å². The molecule has 0 bridgehead atoms. The summed E-state index contributed by atoms with van der Waals surface area (Å²) in [6, 6.07) is -0.559. The lowest BCUT2D eigenvalue weighted by atomic mass is 10.0. The highest BCUT2D eigenvalue weighted by molar-refractivity contribution is 6.59. The molecule has 0 spiro atoms. The third kappa shape index (κ3) is 1.21. The summed E-state index contributed by atoms with van der Waals surface area (Å²) in [5.41, 5.74) is 0. The minimum Gasteiger partial charge on any atom is -0.465 e. The van der Waals surface area contributed by atoms with E-state index in [1.807, 2.05) is 0 Å². The molecule has 78 valence electrons. The average Bonchev–Trinajstić information content (AvgIpc) is 2.55. The Bertz CT molecular complexity index is 305. The van der Waals surface area contributed by atoms with E-state index in [2.05, 4.69) is 0 Å². The molecule has 1 saturated heterocycles. The van der Waals surface area contributed by atoms with Gasteiger partial charge in [-0.15, -0.1) is 0 Å². The van der Waals surface area contributed by atoms with Crippen LogP contribution < -0.4 is 0 Å². The summed E-state index contributed by atoms with van der Waals surface area (Å²) in [5.74, 6) is -0.268. The zero-order valence-electron chi connectivity index (χ0n) is 7.24. The fourth-order valence-electron chi connectivity index (χ4n) is 2.32. The molecule has 0 aromatic rings. The van der Waals surface area contributed by atoms with Crippen molar-refractivity contribution in [2.24, 2.45) is 5.92 Å². The molecular formula is C8H9Cl2NO3. The van der Waals surface area contributed by atoms with Gasteiger partial charge in [0, 0.05) is 13.0 Å². The number of amides is 1. The number of halogens is 2. The van der Waals surface area contributed by atoms with Crippen LogP contribution in [0.1, 0.15) is 12.8 Å². The zero-order chi connectivity index (χ0) is 10.5. The Balaban J connectivity index is 2.31. The van der Waals surface area contributed by atoms with Crippen LogP contribution in [0, 0.1) is 5.92 Å². The van der Waals surface area contributed by atoms with E-state index < -0.39 is 16.5 Å². The van der Waals surface area contributed by atoms with E-state index in [0.717, 1.165) is 0 Å². The van der Waals surface area contributed by atoms with Crippen molar-refractivity contribution in [3.05, 3.63) is 0 Å². The predicted molar refractivity (Wildman–Crippen MR) is 50.7 cm³/mol. The second kappa shape index (κ2) is 3.00. The summed E-state index contributed by atoms with van der Waals surface area (Å²) in [4.78, 5) is 23.4. The number of likely N-dealkylation sites (tertiary alicyclic amines) is 1. The van der Waals surface area contributed by atoms with Crippen LogP contribution in [0.25, 0.3) is 0 Å². The summed E-state index contributed by atoms with van der Waals surface area (Å²) in [5, 5.41) is 8.88. The van der Waals surface area contributed by atoms with Crippen molar-refractivity contribution in [1.82, 2.24) is 4.90 Å². The topological polar surface area (TPSA) is 57.6 Å². The van der Waals surface area contributed by atoms with Crippen molar-refractivity contribution in [3.63, 3.8) is 0 Å². The Kier molecular flexibility index (Phi) is 2.16. The summed E-state index contributed by atoms with van der Waals surface area (Å²) in [7, 11) is 0. The van der Waals surface area contributed by atoms with Crippen LogP contribution in [0.4, 0.5) is 4.79 Å². The van der Waals surface area contributed by atoms with Crippen LogP contribution in [-0.4, -0.2) is 38.8 Å². The van der Waals surface area contributed by atoms with Crippen molar-refractivity contribution in [2.45, 2.75) is 23.2 Å². The lowest BCUT2D eigenvalue weighted by Crippen LogP contribution is -2.46. The van der Waals surface area contributed by atoms with Gasteiger partial charge in [-0.05, 0) is 12.3 Å². The molecule has 0 unspecified atom stereocenters. The smallest absolute Gasteiger partial charge is 0.407 e. The minimum absolute atomic E-state index is 0.00593. The third-order valence-electron chi connectivity index (χ3n) is 2.96. The Morgan fingerprint density at radius 1 is 1.57 bits per heavy atom. The van der Waals surface area contributed by atoms with Gasteiger partial charge in [0.1, 0.15) is 0 Å². The molecule has 2 fully saturated rings. The molecule has 1 amide bonds. The second-order valence-electron chi connectivity index (χ2n) is 3.72. The maximum Gasteiger partial charge on any atom is 0.407 e. The molecule has 4 nitrogen and oxygen atoms in total. The van der Waals surface area contributed by atoms with Gasteiger partial charge in [0.25, 0.3) is 0 Å². The van der Waals surface area contributed by atoms with E-state index in [-0.39, 0.29) is 11.7 Å². The van der Waals surface area contributed by atoms with Crippen molar-refractivity contribution in [3.8, 4) is 0 Å². The third-order valence-corrected chi connectivity index (χ3v) is 3.83. The molecule has 0 aromatic heterocycles. The molecule has 0 aromatic carbocycles. The highest BCUT2D eigenvalue weighted by Crippen LogP contribution is 2.47. The van der Waals surface area contributed by atoms with E-state index in [9.17, 15) is 9.59 Å². The SMILES string of the molecule is O=C(O)N1CC[C@H]2CC(=O)C(Cl)(Cl)[C@H]21. The molecule has 1 saturated carbocycles. The van der Waals surface area contributed by atoms with E-state index in [1.54, 1.807) is 0 Å². The molecular weight excluding hydrogens is 229 g/mol. The minimum atomic E-state index is -1.54. The Hall–Kier alpha value is -0.480. The van der Waals surface area contributed by atoms with Crippen LogP contribution in [0.3, 0.4) is 0 Å². The fraction of sp³-hybridized carbons (Fsp3) is 0.750. The molecule has 2 rings (SSSR count). The first-order valence-corrected chi connectivity index (χ1v) is 5.11. The number of rotatable bonds is 0. The van der Waals surface area contributed by atoms with Crippen LogP contribution in [-0.2, 0) is 4.79 Å². The van der Waals surface area contributed by atoms with Gasteiger partial charge in [0.2, 0.25) is 0 Å². The molecule has 0 radical (unpaired) electrons. The number of ketones is 1. The van der Waals surface area contributed by atoms with Gasteiger partial charge in [-0.3, -0.25) is 4.79 Å². The van der Waals surface area contributed by atoms with E-state index in [1.165, 1.54) is 4.90 Å². The molecule has 2 aliphatic rings. The van der Waals surface area contributed by atoms with E-state index in [4.69, 9.17) is 28.3 Å². The van der Waals surface area contributed by atoms with Crippen LogP contribution in [0.2, 0.25) is 0 Å². The number of carbonyl (C=O) groups is 2. The Labute approximate surface area is 90.8 Å². The van der Waals surface area contributed by atoms with Gasteiger partial charge >= 0.3 is 6.09 Å². The monoisotopic (exact) mass is 237 g/mol. The summed E-state index contributed by atoms with van der Waals surface area (Å²) in [6.07, 6.45) is -0.0939. The number of nitrogens with zero attached hydrogens (tertiary/aromatic N) is 1. The molecule has 1 heterocycles. The Morgan fingerprint density at radius 2 is 2.21 bits per heavy atom. The maximum atomic E-state index is 11.4. The largest absolute Gasteiger partial charge is 0.465 e. The standard InChI is InChI=1S/C8H9Cl2NO3/c9-8(10)5(12)3-4-1-2-11(6(4)8)7(13)14/h4,6H,1-3H2,(H,13,14)/t4-,6-/m0/s1. The zero-order valence-corrected chi connectivity index (χ0v) is 8.75. The maximum absolute atomic E-state index is 11.4. The molecule has 2 atom stereocenters. The van der Waals surface area contributed by atoms with Crippen LogP contribution in [0.15, 0.2) is 0 Å². The Morgan fingerprint density at radius 3 is 2.79 bits per heavy atom. The lowest BCUT2D eigenvalue weighted by molar-refractivity contribution is -0.118. The number of carboxylic acid groups (broad SMARTS) is 1. The summed E-state index contributed by atoms with van der Waals surface area (Å²) >= 11 is 11.7. The van der Waals surface area contributed by atoms with Crippen LogP contribution >= 0.6 is 23.2 Å². The van der Waals surface area contributed by atoms with Crippen molar-refractivity contribution in [2.75, 3.05) is 6.54 Å².